The predicted octanol–water partition coefficient (Wildman–Crippen LogP) is 2.76. The van der Waals surface area contributed by atoms with Gasteiger partial charge in [0.2, 0.25) is 0 Å². The van der Waals surface area contributed by atoms with Crippen LogP contribution in [-0.2, 0) is 4.79 Å². The minimum absolute atomic E-state index is 0.0359. The first-order valence-electron chi connectivity index (χ1n) is 7.66. The van der Waals surface area contributed by atoms with E-state index >= 15 is 0 Å². The standard InChI is InChI=1S/C17H22ClN3O2/c1-11(2)8-12(9-19)21-16(22)10-23-15-6-5-14(18)13-4-3-7-20-17(13)15/h3-7,11-12H,8-10,19H2,1-2H3,(H,21,22). The van der Waals surface area contributed by atoms with E-state index in [-0.39, 0.29) is 18.6 Å². The lowest BCUT2D eigenvalue weighted by Crippen LogP contribution is -2.43. The summed E-state index contributed by atoms with van der Waals surface area (Å²) in [6.07, 6.45) is 2.51. The average molecular weight is 336 g/mol. The van der Waals surface area contributed by atoms with E-state index in [1.54, 1.807) is 18.3 Å². The van der Waals surface area contributed by atoms with Gasteiger partial charge in [-0.25, -0.2) is 0 Å². The molecule has 2 aromatic rings. The number of nitrogens with two attached hydrogens (primary N) is 1. The van der Waals surface area contributed by atoms with Gasteiger partial charge in [0, 0.05) is 24.2 Å². The van der Waals surface area contributed by atoms with Crippen LogP contribution in [0.15, 0.2) is 30.5 Å². The van der Waals surface area contributed by atoms with Gasteiger partial charge >= 0.3 is 0 Å². The Bertz CT molecular complexity index is 676. The molecule has 0 bridgehead atoms. The smallest absolute Gasteiger partial charge is 0.258 e. The van der Waals surface area contributed by atoms with Crippen LogP contribution in [0.3, 0.4) is 0 Å². The summed E-state index contributed by atoms with van der Waals surface area (Å²) in [4.78, 5) is 16.3. The number of carbonyl (C=O) groups is 1. The molecule has 1 aromatic carbocycles. The maximum Gasteiger partial charge on any atom is 0.258 e. The second kappa shape index (κ2) is 8.13. The van der Waals surface area contributed by atoms with E-state index in [0.29, 0.717) is 28.8 Å². The van der Waals surface area contributed by atoms with Gasteiger partial charge in [0.05, 0.1) is 5.02 Å². The molecule has 0 spiro atoms. The quantitative estimate of drug-likeness (QED) is 0.815. The highest BCUT2D eigenvalue weighted by Gasteiger charge is 2.14. The lowest BCUT2D eigenvalue weighted by molar-refractivity contribution is -0.123. The number of carbonyl (C=O) groups excluding carboxylic acids is 1. The monoisotopic (exact) mass is 335 g/mol. The SMILES string of the molecule is CC(C)CC(CN)NC(=O)COc1ccc(Cl)c2cccnc12. The molecule has 1 atom stereocenters. The van der Waals surface area contributed by atoms with Crippen LogP contribution in [-0.4, -0.2) is 30.1 Å². The highest BCUT2D eigenvalue weighted by Crippen LogP contribution is 2.29. The van der Waals surface area contributed by atoms with Crippen molar-refractivity contribution < 1.29 is 9.53 Å². The van der Waals surface area contributed by atoms with Gasteiger partial charge in [-0.15, -0.1) is 0 Å². The van der Waals surface area contributed by atoms with Crippen molar-refractivity contribution >= 4 is 28.4 Å². The van der Waals surface area contributed by atoms with E-state index in [4.69, 9.17) is 22.1 Å². The maximum atomic E-state index is 12.0. The van der Waals surface area contributed by atoms with Crippen molar-refractivity contribution in [1.82, 2.24) is 10.3 Å². The number of halogens is 1. The minimum Gasteiger partial charge on any atom is -0.481 e. The summed E-state index contributed by atoms with van der Waals surface area (Å²) in [5, 5.41) is 4.29. The Kier molecular flexibility index (Phi) is 6.19. The molecule has 1 unspecified atom stereocenters. The number of rotatable bonds is 7. The first-order chi connectivity index (χ1) is 11.0. The van der Waals surface area contributed by atoms with Crippen LogP contribution >= 0.6 is 11.6 Å². The van der Waals surface area contributed by atoms with Gasteiger partial charge in [0.25, 0.3) is 5.91 Å². The van der Waals surface area contributed by atoms with Crippen LogP contribution in [0.25, 0.3) is 10.9 Å². The number of amides is 1. The zero-order valence-electron chi connectivity index (χ0n) is 13.4. The van der Waals surface area contributed by atoms with Crippen molar-refractivity contribution in [1.29, 1.82) is 0 Å². The Morgan fingerprint density at radius 1 is 1.39 bits per heavy atom. The summed E-state index contributed by atoms with van der Waals surface area (Å²) in [5.74, 6) is 0.808. The molecule has 1 aromatic heterocycles. The van der Waals surface area contributed by atoms with Crippen molar-refractivity contribution in [2.24, 2.45) is 11.7 Å². The fourth-order valence-electron chi connectivity index (χ4n) is 2.42. The molecular weight excluding hydrogens is 314 g/mol. The zero-order valence-corrected chi connectivity index (χ0v) is 14.1. The van der Waals surface area contributed by atoms with E-state index in [2.05, 4.69) is 24.1 Å². The van der Waals surface area contributed by atoms with E-state index in [1.165, 1.54) is 0 Å². The molecule has 0 saturated heterocycles. The lowest BCUT2D eigenvalue weighted by Gasteiger charge is -2.19. The molecule has 5 nitrogen and oxygen atoms in total. The summed E-state index contributed by atoms with van der Waals surface area (Å²) in [5.41, 5.74) is 6.33. The number of hydrogen-bond donors (Lipinski definition) is 2. The molecule has 3 N–H and O–H groups in total. The normalized spacial score (nSPS) is 12.4. The number of nitrogens with one attached hydrogen (secondary N) is 1. The van der Waals surface area contributed by atoms with E-state index in [9.17, 15) is 4.79 Å². The summed E-state index contributed by atoms with van der Waals surface area (Å²) in [6, 6.07) is 7.10. The van der Waals surface area contributed by atoms with Crippen molar-refractivity contribution in [3.63, 3.8) is 0 Å². The van der Waals surface area contributed by atoms with Crippen molar-refractivity contribution in [2.45, 2.75) is 26.3 Å². The van der Waals surface area contributed by atoms with Gasteiger partial charge in [-0.1, -0.05) is 25.4 Å². The molecule has 0 radical (unpaired) electrons. The molecule has 1 heterocycles. The summed E-state index contributed by atoms with van der Waals surface area (Å²) in [6.45, 7) is 4.52. The zero-order chi connectivity index (χ0) is 16.8. The summed E-state index contributed by atoms with van der Waals surface area (Å²) < 4.78 is 5.61. The lowest BCUT2D eigenvalue weighted by atomic mass is 10.0. The predicted molar refractivity (Wildman–Crippen MR) is 92.7 cm³/mol. The Hall–Kier alpha value is -1.85. The van der Waals surface area contributed by atoms with Gasteiger partial charge in [-0.2, -0.15) is 0 Å². The Morgan fingerprint density at radius 3 is 2.87 bits per heavy atom. The van der Waals surface area contributed by atoms with Crippen LogP contribution in [0, 0.1) is 5.92 Å². The second-order valence-electron chi connectivity index (χ2n) is 5.86. The molecule has 0 aliphatic carbocycles. The van der Waals surface area contributed by atoms with Crippen LogP contribution in [0.1, 0.15) is 20.3 Å². The average Bonchev–Trinajstić information content (AvgIpc) is 2.53. The Balaban J connectivity index is 2.01. The van der Waals surface area contributed by atoms with Crippen molar-refractivity contribution in [2.75, 3.05) is 13.2 Å². The highest BCUT2D eigenvalue weighted by molar-refractivity contribution is 6.35. The topological polar surface area (TPSA) is 77.2 Å². The number of aromatic nitrogens is 1. The molecule has 0 aliphatic heterocycles. The number of fused-ring (bicyclic) bond motifs is 1. The minimum atomic E-state index is -0.194. The molecular formula is C17H22ClN3O2. The molecule has 0 saturated carbocycles. The van der Waals surface area contributed by atoms with E-state index < -0.39 is 0 Å². The first-order valence-corrected chi connectivity index (χ1v) is 8.04. The van der Waals surface area contributed by atoms with Crippen molar-refractivity contribution in [3.05, 3.63) is 35.5 Å². The summed E-state index contributed by atoms with van der Waals surface area (Å²) in [7, 11) is 0. The molecule has 6 heteroatoms. The van der Waals surface area contributed by atoms with E-state index in [1.807, 2.05) is 12.1 Å². The van der Waals surface area contributed by atoms with Crippen LogP contribution < -0.4 is 15.8 Å². The van der Waals surface area contributed by atoms with Gasteiger partial charge in [0.15, 0.2) is 6.61 Å². The number of hydrogen-bond acceptors (Lipinski definition) is 4. The summed E-state index contributed by atoms with van der Waals surface area (Å²) >= 11 is 6.14. The highest BCUT2D eigenvalue weighted by atomic mass is 35.5. The van der Waals surface area contributed by atoms with Gasteiger partial charge in [0.1, 0.15) is 11.3 Å². The number of pyridine rings is 1. The fourth-order valence-corrected chi connectivity index (χ4v) is 2.64. The third-order valence-corrected chi connectivity index (χ3v) is 3.77. The van der Waals surface area contributed by atoms with Crippen LogP contribution in [0.2, 0.25) is 5.02 Å². The van der Waals surface area contributed by atoms with Crippen LogP contribution in [0.4, 0.5) is 0 Å². The fraction of sp³-hybridized carbons (Fsp3) is 0.412. The molecule has 23 heavy (non-hydrogen) atoms. The Morgan fingerprint density at radius 2 is 2.17 bits per heavy atom. The van der Waals surface area contributed by atoms with Crippen molar-refractivity contribution in [3.8, 4) is 5.75 Å². The largest absolute Gasteiger partial charge is 0.481 e. The molecule has 0 aliphatic rings. The van der Waals surface area contributed by atoms with Gasteiger partial charge < -0.3 is 15.8 Å². The Labute approximate surface area is 141 Å². The third kappa shape index (κ3) is 4.81. The maximum absolute atomic E-state index is 12.0. The molecule has 2 rings (SSSR count). The third-order valence-electron chi connectivity index (χ3n) is 3.44. The first kappa shape index (κ1) is 17.5. The number of nitrogens with zero attached hydrogens (tertiary/aromatic N) is 1. The van der Waals surface area contributed by atoms with Gasteiger partial charge in [-0.05, 0) is 36.6 Å². The molecule has 124 valence electrons. The van der Waals surface area contributed by atoms with E-state index in [0.717, 1.165) is 11.8 Å². The number of benzene rings is 1. The van der Waals surface area contributed by atoms with Crippen LogP contribution in [0.5, 0.6) is 5.75 Å². The molecule has 1 amide bonds. The molecule has 0 fully saturated rings. The number of ether oxygens (including phenoxy) is 1. The van der Waals surface area contributed by atoms with Gasteiger partial charge in [-0.3, -0.25) is 9.78 Å². The second-order valence-corrected chi connectivity index (χ2v) is 6.27.